The summed E-state index contributed by atoms with van der Waals surface area (Å²) < 4.78 is 0. The van der Waals surface area contributed by atoms with E-state index in [0.717, 1.165) is 49.9 Å². The molecule has 4 heteroatoms. The number of benzene rings is 2. The van der Waals surface area contributed by atoms with Gasteiger partial charge in [0.1, 0.15) is 11.1 Å². The Bertz CT molecular complexity index is 739. The molecule has 4 nitrogen and oxygen atoms in total. The molecule has 0 spiro atoms. The summed E-state index contributed by atoms with van der Waals surface area (Å²) in [7, 11) is 0. The van der Waals surface area contributed by atoms with Crippen LogP contribution in [0.15, 0.2) is 69.0 Å². The van der Waals surface area contributed by atoms with Crippen LogP contribution in [0.25, 0.3) is 0 Å². The largest absolute Gasteiger partial charge is 0.179 e. The third-order valence-corrected chi connectivity index (χ3v) is 6.01. The van der Waals surface area contributed by atoms with Crippen molar-refractivity contribution in [2.45, 2.75) is 63.5 Å². The molecule has 26 heavy (non-hydrogen) atoms. The van der Waals surface area contributed by atoms with Gasteiger partial charge in [-0.05, 0) is 76.6 Å². The van der Waals surface area contributed by atoms with Gasteiger partial charge in [0, 0.05) is 0 Å². The lowest BCUT2D eigenvalue weighted by atomic mass is 9.84. The van der Waals surface area contributed by atoms with Crippen molar-refractivity contribution in [3.8, 4) is 0 Å². The summed E-state index contributed by atoms with van der Waals surface area (Å²) in [6, 6.07) is 16.5. The van der Waals surface area contributed by atoms with Gasteiger partial charge in [-0.25, -0.2) is 0 Å². The minimum absolute atomic E-state index is 0.175. The first-order chi connectivity index (χ1) is 12.6. The summed E-state index contributed by atoms with van der Waals surface area (Å²) in [6.45, 7) is 4.17. The first-order valence-electron chi connectivity index (χ1n) is 9.60. The number of hydrogen-bond acceptors (Lipinski definition) is 4. The van der Waals surface area contributed by atoms with Crippen molar-refractivity contribution in [1.82, 2.24) is 0 Å². The van der Waals surface area contributed by atoms with Gasteiger partial charge in [0.25, 0.3) is 0 Å². The van der Waals surface area contributed by atoms with Crippen molar-refractivity contribution in [2.24, 2.45) is 20.5 Å². The van der Waals surface area contributed by atoms with Gasteiger partial charge >= 0.3 is 0 Å². The maximum Gasteiger partial charge on any atom is 0.109 e. The molecule has 2 aliphatic carbocycles. The van der Waals surface area contributed by atoms with Crippen LogP contribution >= 0.6 is 0 Å². The van der Waals surface area contributed by atoms with E-state index in [-0.39, 0.29) is 11.1 Å². The van der Waals surface area contributed by atoms with Gasteiger partial charge < -0.3 is 0 Å². The molecule has 0 bridgehead atoms. The number of nitrogens with zero attached hydrogens (tertiary/aromatic N) is 4. The summed E-state index contributed by atoms with van der Waals surface area (Å²) in [5.74, 6) is 0. The van der Waals surface area contributed by atoms with Crippen molar-refractivity contribution in [3.63, 3.8) is 0 Å². The standard InChI is InChI=1S/C22H26N4/c1-17-5-9-19(10-6-17)23-25-21-13-3-15-22(21,16-4-14-21)26-24-20-11-7-18(2)8-12-20/h5-12H,3-4,13-16H2,1-2H3. The van der Waals surface area contributed by atoms with Crippen LogP contribution in [-0.2, 0) is 0 Å². The van der Waals surface area contributed by atoms with Crippen LogP contribution in [-0.4, -0.2) is 11.1 Å². The molecule has 0 atom stereocenters. The third-order valence-electron chi connectivity index (χ3n) is 6.01. The third kappa shape index (κ3) is 3.09. The zero-order valence-electron chi connectivity index (χ0n) is 15.7. The highest BCUT2D eigenvalue weighted by Gasteiger charge is 2.59. The zero-order valence-corrected chi connectivity index (χ0v) is 15.7. The summed E-state index contributed by atoms with van der Waals surface area (Å²) >= 11 is 0. The molecular weight excluding hydrogens is 320 g/mol. The van der Waals surface area contributed by atoms with E-state index in [0.29, 0.717) is 0 Å². The van der Waals surface area contributed by atoms with E-state index < -0.39 is 0 Å². The highest BCUT2D eigenvalue weighted by Crippen LogP contribution is 2.56. The van der Waals surface area contributed by atoms with Crippen molar-refractivity contribution >= 4 is 11.4 Å². The van der Waals surface area contributed by atoms with Crippen LogP contribution in [0.3, 0.4) is 0 Å². The van der Waals surface area contributed by atoms with Crippen LogP contribution in [0.2, 0.25) is 0 Å². The fourth-order valence-corrected chi connectivity index (χ4v) is 4.44. The second kappa shape index (κ2) is 6.75. The molecule has 0 aliphatic heterocycles. The molecule has 0 heterocycles. The Morgan fingerprint density at radius 3 is 1.27 bits per heavy atom. The van der Waals surface area contributed by atoms with Crippen molar-refractivity contribution < 1.29 is 0 Å². The fourth-order valence-electron chi connectivity index (χ4n) is 4.44. The Morgan fingerprint density at radius 2 is 0.923 bits per heavy atom. The smallest absolute Gasteiger partial charge is 0.109 e. The molecule has 0 saturated heterocycles. The number of aryl methyl sites for hydroxylation is 2. The zero-order chi connectivity index (χ0) is 18.0. The summed E-state index contributed by atoms with van der Waals surface area (Å²) in [5, 5.41) is 19.0. The van der Waals surface area contributed by atoms with E-state index in [1.54, 1.807) is 0 Å². The van der Waals surface area contributed by atoms with E-state index in [2.05, 4.69) is 48.3 Å². The Hall–Kier alpha value is -2.36. The van der Waals surface area contributed by atoms with Crippen LogP contribution in [0, 0.1) is 13.8 Å². The normalized spacial score (nSPS) is 28.2. The highest BCUT2D eigenvalue weighted by molar-refractivity contribution is 5.39. The van der Waals surface area contributed by atoms with Crippen molar-refractivity contribution in [3.05, 3.63) is 59.7 Å². The molecule has 0 radical (unpaired) electrons. The molecule has 2 fully saturated rings. The molecular formula is C22H26N4. The molecule has 0 amide bonds. The monoisotopic (exact) mass is 346 g/mol. The van der Waals surface area contributed by atoms with E-state index in [9.17, 15) is 0 Å². The lowest BCUT2D eigenvalue weighted by molar-refractivity contribution is 0.292. The second-order valence-corrected chi connectivity index (χ2v) is 7.84. The SMILES string of the molecule is Cc1ccc(N=NC23CCCC2(N=Nc2ccc(C)cc2)CCC3)cc1. The van der Waals surface area contributed by atoms with Crippen LogP contribution < -0.4 is 0 Å². The molecule has 0 aromatic heterocycles. The van der Waals surface area contributed by atoms with Crippen molar-refractivity contribution in [1.29, 1.82) is 0 Å². The van der Waals surface area contributed by atoms with Gasteiger partial charge in [-0.15, -0.1) is 0 Å². The van der Waals surface area contributed by atoms with Crippen LogP contribution in [0.5, 0.6) is 0 Å². The average Bonchev–Trinajstić information content (AvgIpc) is 3.16. The topological polar surface area (TPSA) is 49.4 Å². The maximum absolute atomic E-state index is 4.89. The van der Waals surface area contributed by atoms with Gasteiger partial charge in [0.15, 0.2) is 0 Å². The summed E-state index contributed by atoms with van der Waals surface area (Å²) in [6.07, 6.45) is 6.56. The Morgan fingerprint density at radius 1 is 0.577 bits per heavy atom. The molecule has 134 valence electrons. The average molecular weight is 346 g/mol. The Balaban J connectivity index is 1.61. The maximum atomic E-state index is 4.89. The predicted molar refractivity (Wildman–Crippen MR) is 105 cm³/mol. The molecule has 4 rings (SSSR count). The molecule has 2 aromatic rings. The predicted octanol–water partition coefficient (Wildman–Crippen LogP) is 7.02. The van der Waals surface area contributed by atoms with Crippen molar-refractivity contribution in [2.75, 3.05) is 0 Å². The highest BCUT2D eigenvalue weighted by atomic mass is 15.3. The number of fused-ring (bicyclic) bond motifs is 1. The number of hydrogen-bond donors (Lipinski definition) is 0. The molecule has 0 N–H and O–H groups in total. The van der Waals surface area contributed by atoms with Gasteiger partial charge in [0.05, 0.1) is 11.4 Å². The van der Waals surface area contributed by atoms with E-state index >= 15 is 0 Å². The van der Waals surface area contributed by atoms with Crippen LogP contribution in [0.1, 0.15) is 49.7 Å². The van der Waals surface area contributed by atoms with Gasteiger partial charge in [-0.2, -0.15) is 20.5 Å². The molecule has 0 unspecified atom stereocenters. The first-order valence-corrected chi connectivity index (χ1v) is 9.60. The lowest BCUT2D eigenvalue weighted by Crippen LogP contribution is -2.41. The quantitative estimate of drug-likeness (QED) is 0.534. The fraction of sp³-hybridized carbons (Fsp3) is 0.455. The number of rotatable bonds is 4. The first kappa shape index (κ1) is 17.1. The van der Waals surface area contributed by atoms with Gasteiger partial charge in [0.2, 0.25) is 0 Å². The molecule has 2 aliphatic rings. The van der Waals surface area contributed by atoms with Gasteiger partial charge in [-0.3, -0.25) is 0 Å². The molecule has 2 saturated carbocycles. The summed E-state index contributed by atoms with van der Waals surface area (Å²) in [4.78, 5) is 0. The number of azo groups is 2. The second-order valence-electron chi connectivity index (χ2n) is 7.84. The Labute approximate surface area is 155 Å². The van der Waals surface area contributed by atoms with E-state index in [1.165, 1.54) is 11.1 Å². The van der Waals surface area contributed by atoms with E-state index in [4.69, 9.17) is 10.2 Å². The van der Waals surface area contributed by atoms with Gasteiger partial charge in [-0.1, -0.05) is 35.4 Å². The summed E-state index contributed by atoms with van der Waals surface area (Å²) in [5.41, 5.74) is 3.98. The van der Waals surface area contributed by atoms with E-state index in [1.807, 2.05) is 24.3 Å². The minimum atomic E-state index is -0.175. The minimum Gasteiger partial charge on any atom is -0.179 e. The Kier molecular flexibility index (Phi) is 4.43. The van der Waals surface area contributed by atoms with Crippen LogP contribution in [0.4, 0.5) is 11.4 Å². The lowest BCUT2D eigenvalue weighted by Gasteiger charge is -2.31. The molecule has 2 aromatic carbocycles.